The van der Waals surface area contributed by atoms with Gasteiger partial charge in [0.15, 0.2) is 0 Å². The molecule has 0 saturated heterocycles. The van der Waals surface area contributed by atoms with Crippen molar-refractivity contribution in [2.24, 2.45) is 5.73 Å². The number of rotatable bonds is 6. The van der Waals surface area contributed by atoms with Gasteiger partial charge >= 0.3 is 0 Å². The maximum absolute atomic E-state index is 14.0. The number of amides is 2. The maximum atomic E-state index is 14.0. The van der Waals surface area contributed by atoms with Crippen LogP contribution in [-0.4, -0.2) is 28.8 Å². The summed E-state index contributed by atoms with van der Waals surface area (Å²) in [7, 11) is 0. The van der Waals surface area contributed by atoms with E-state index in [0.717, 1.165) is 43.0 Å². The minimum Gasteiger partial charge on any atom is -0.330 e. The number of hydrogen-bond acceptors (Lipinski definition) is 3. The standard InChI is InChI=1S/C31H34ClF2N3O2/c1-31(2,3)22-10-8-19(9-11-22)29(38)36-25-12-13-26(32)21(16-25)18-37(28-7-5-4-6-27(28)35)30(39)20-14-23(33)17-24(34)15-20/h8-17,27-28H,4-7,18,35H2,1-3H3,(H,36,38). The Kier molecular flexibility index (Phi) is 8.72. The van der Waals surface area contributed by atoms with Crippen LogP contribution >= 0.6 is 11.6 Å². The molecule has 8 heteroatoms. The van der Waals surface area contributed by atoms with Gasteiger partial charge in [-0.1, -0.05) is 57.3 Å². The summed E-state index contributed by atoms with van der Waals surface area (Å²) in [6.07, 6.45) is 3.25. The van der Waals surface area contributed by atoms with Gasteiger partial charge in [0, 0.05) is 46.5 Å². The smallest absolute Gasteiger partial charge is 0.255 e. The predicted molar refractivity (Wildman–Crippen MR) is 151 cm³/mol. The van der Waals surface area contributed by atoms with Crippen molar-refractivity contribution in [3.05, 3.63) is 99.6 Å². The third-order valence-corrected chi connectivity index (χ3v) is 7.58. The van der Waals surface area contributed by atoms with Crippen LogP contribution in [0.5, 0.6) is 0 Å². The largest absolute Gasteiger partial charge is 0.330 e. The van der Waals surface area contributed by atoms with Crippen molar-refractivity contribution in [1.29, 1.82) is 0 Å². The second-order valence-corrected chi connectivity index (χ2v) is 11.6. The Hall–Kier alpha value is -3.29. The SMILES string of the molecule is CC(C)(C)c1ccc(C(=O)Nc2ccc(Cl)c(CN(C(=O)c3cc(F)cc(F)c3)C3CCCCC3N)c2)cc1. The molecule has 1 aliphatic rings. The second-order valence-electron chi connectivity index (χ2n) is 11.2. The second kappa shape index (κ2) is 11.8. The lowest BCUT2D eigenvalue weighted by atomic mass is 9.87. The summed E-state index contributed by atoms with van der Waals surface area (Å²) >= 11 is 6.53. The summed E-state index contributed by atoms with van der Waals surface area (Å²) in [6.45, 7) is 6.39. The highest BCUT2D eigenvalue weighted by atomic mass is 35.5. The molecule has 3 aromatic rings. The van der Waals surface area contributed by atoms with Gasteiger partial charge in [-0.2, -0.15) is 0 Å². The molecule has 3 N–H and O–H groups in total. The van der Waals surface area contributed by atoms with Crippen LogP contribution in [0.4, 0.5) is 14.5 Å². The maximum Gasteiger partial charge on any atom is 0.255 e. The zero-order valence-electron chi connectivity index (χ0n) is 22.4. The fourth-order valence-corrected chi connectivity index (χ4v) is 5.17. The van der Waals surface area contributed by atoms with Crippen LogP contribution in [0.25, 0.3) is 0 Å². The van der Waals surface area contributed by atoms with E-state index in [1.807, 2.05) is 12.1 Å². The highest BCUT2D eigenvalue weighted by molar-refractivity contribution is 6.31. The fourth-order valence-electron chi connectivity index (χ4n) is 4.99. The summed E-state index contributed by atoms with van der Waals surface area (Å²) in [6, 6.07) is 14.7. The number of nitrogens with zero attached hydrogens (tertiary/aromatic N) is 1. The lowest BCUT2D eigenvalue weighted by molar-refractivity contribution is 0.0582. The van der Waals surface area contributed by atoms with Crippen LogP contribution in [0.2, 0.25) is 5.02 Å². The molecule has 2 amide bonds. The molecule has 5 nitrogen and oxygen atoms in total. The fraction of sp³-hybridized carbons (Fsp3) is 0.355. The minimum absolute atomic E-state index is 0.0262. The van der Waals surface area contributed by atoms with Crippen molar-refractivity contribution in [3.63, 3.8) is 0 Å². The van der Waals surface area contributed by atoms with E-state index in [1.54, 1.807) is 35.2 Å². The number of carbonyl (C=O) groups excluding carboxylic acids is 2. The topological polar surface area (TPSA) is 75.4 Å². The number of nitrogens with one attached hydrogen (secondary N) is 1. The summed E-state index contributed by atoms with van der Waals surface area (Å²) in [5.41, 5.74) is 9.02. The number of carbonyl (C=O) groups is 2. The van der Waals surface area contributed by atoms with E-state index < -0.39 is 17.5 Å². The van der Waals surface area contributed by atoms with Crippen molar-refractivity contribution in [2.75, 3.05) is 5.32 Å². The van der Waals surface area contributed by atoms with E-state index >= 15 is 0 Å². The Morgan fingerprint density at radius 3 is 2.21 bits per heavy atom. The molecule has 1 aliphatic carbocycles. The Labute approximate surface area is 233 Å². The van der Waals surface area contributed by atoms with Gasteiger partial charge in [-0.25, -0.2) is 8.78 Å². The van der Waals surface area contributed by atoms with Crippen LogP contribution in [0.3, 0.4) is 0 Å². The number of benzene rings is 3. The lowest BCUT2D eigenvalue weighted by Gasteiger charge is -2.38. The van der Waals surface area contributed by atoms with Crippen LogP contribution in [0.15, 0.2) is 60.7 Å². The number of nitrogens with two attached hydrogens (primary N) is 1. The van der Waals surface area contributed by atoms with E-state index in [0.29, 0.717) is 28.3 Å². The molecule has 3 aromatic carbocycles. The Balaban J connectivity index is 1.60. The summed E-state index contributed by atoms with van der Waals surface area (Å²) in [5, 5.41) is 3.29. The summed E-state index contributed by atoms with van der Waals surface area (Å²) in [4.78, 5) is 28.1. The zero-order chi connectivity index (χ0) is 28.3. The third kappa shape index (κ3) is 7.02. The summed E-state index contributed by atoms with van der Waals surface area (Å²) in [5.74, 6) is -2.46. The van der Waals surface area contributed by atoms with Crippen molar-refractivity contribution in [1.82, 2.24) is 4.90 Å². The molecular weight excluding hydrogens is 520 g/mol. The van der Waals surface area contributed by atoms with Crippen LogP contribution < -0.4 is 11.1 Å². The quantitative estimate of drug-likeness (QED) is 0.342. The molecule has 1 saturated carbocycles. The number of anilines is 1. The first-order valence-electron chi connectivity index (χ1n) is 13.2. The predicted octanol–water partition coefficient (Wildman–Crippen LogP) is 7.08. The molecule has 4 rings (SSSR count). The van der Waals surface area contributed by atoms with E-state index in [4.69, 9.17) is 17.3 Å². The van der Waals surface area contributed by atoms with E-state index in [2.05, 4.69) is 26.1 Å². The van der Waals surface area contributed by atoms with Crippen LogP contribution in [-0.2, 0) is 12.0 Å². The average molecular weight is 554 g/mol. The van der Waals surface area contributed by atoms with Gasteiger partial charge in [0.25, 0.3) is 11.8 Å². The molecule has 0 aliphatic heterocycles. The number of halogens is 3. The molecule has 206 valence electrons. The molecular formula is C31H34ClF2N3O2. The molecule has 0 bridgehead atoms. The van der Waals surface area contributed by atoms with Crippen LogP contribution in [0, 0.1) is 11.6 Å². The van der Waals surface area contributed by atoms with E-state index in [1.165, 1.54) is 0 Å². The van der Waals surface area contributed by atoms with Crippen molar-refractivity contribution < 1.29 is 18.4 Å². The molecule has 2 atom stereocenters. The monoisotopic (exact) mass is 553 g/mol. The van der Waals surface area contributed by atoms with Gasteiger partial charge in [-0.05, 0) is 71.8 Å². The van der Waals surface area contributed by atoms with Crippen molar-refractivity contribution >= 4 is 29.1 Å². The highest BCUT2D eigenvalue weighted by Gasteiger charge is 2.32. The van der Waals surface area contributed by atoms with Gasteiger partial charge in [-0.3, -0.25) is 9.59 Å². The molecule has 2 unspecified atom stereocenters. The number of hydrogen-bond donors (Lipinski definition) is 2. The van der Waals surface area contributed by atoms with Crippen molar-refractivity contribution in [2.45, 2.75) is 70.5 Å². The van der Waals surface area contributed by atoms with Gasteiger partial charge in [0.05, 0.1) is 0 Å². The minimum atomic E-state index is -0.829. The third-order valence-electron chi connectivity index (χ3n) is 7.21. The van der Waals surface area contributed by atoms with Gasteiger partial charge < -0.3 is 16.0 Å². The van der Waals surface area contributed by atoms with Gasteiger partial charge in [0.2, 0.25) is 0 Å². The first-order chi connectivity index (χ1) is 18.4. The molecule has 0 heterocycles. The zero-order valence-corrected chi connectivity index (χ0v) is 23.2. The average Bonchev–Trinajstić information content (AvgIpc) is 2.88. The van der Waals surface area contributed by atoms with Crippen LogP contribution in [0.1, 0.15) is 78.3 Å². The van der Waals surface area contributed by atoms with Gasteiger partial charge in [0.1, 0.15) is 11.6 Å². The van der Waals surface area contributed by atoms with Gasteiger partial charge in [-0.15, -0.1) is 0 Å². The Bertz CT molecular complexity index is 1330. The van der Waals surface area contributed by atoms with E-state index in [9.17, 15) is 18.4 Å². The Morgan fingerprint density at radius 1 is 0.949 bits per heavy atom. The van der Waals surface area contributed by atoms with E-state index in [-0.39, 0.29) is 35.5 Å². The molecule has 0 spiro atoms. The first-order valence-corrected chi connectivity index (χ1v) is 13.5. The molecule has 0 aromatic heterocycles. The first kappa shape index (κ1) is 28.7. The summed E-state index contributed by atoms with van der Waals surface area (Å²) < 4.78 is 27.9. The van der Waals surface area contributed by atoms with Crippen molar-refractivity contribution in [3.8, 4) is 0 Å². The normalized spacial score (nSPS) is 17.5. The molecule has 1 fully saturated rings. The Morgan fingerprint density at radius 2 is 1.59 bits per heavy atom. The lowest BCUT2D eigenvalue weighted by Crippen LogP contribution is -2.51. The highest BCUT2D eigenvalue weighted by Crippen LogP contribution is 2.29. The molecule has 39 heavy (non-hydrogen) atoms. The molecule has 0 radical (unpaired) electrons.